The molecule has 6 nitrogen and oxygen atoms in total. The summed E-state index contributed by atoms with van der Waals surface area (Å²) in [6.07, 6.45) is 4.66. The third kappa shape index (κ3) is 3.21. The number of fused-ring (bicyclic) bond motifs is 1. The SMILES string of the molecule is CC(C)Oc1ncnc2c1CCN(C(=O)[C@H]1CCCO1)CC2. The van der Waals surface area contributed by atoms with E-state index in [-0.39, 0.29) is 18.1 Å². The second-order valence-corrected chi connectivity index (χ2v) is 6.10. The summed E-state index contributed by atoms with van der Waals surface area (Å²) in [5.74, 6) is 0.774. The first-order valence-corrected chi connectivity index (χ1v) is 8.05. The summed E-state index contributed by atoms with van der Waals surface area (Å²) in [6.45, 7) is 6.02. The molecule has 0 radical (unpaired) electrons. The van der Waals surface area contributed by atoms with Crippen molar-refractivity contribution in [3.63, 3.8) is 0 Å². The number of rotatable bonds is 3. The van der Waals surface area contributed by atoms with Crippen molar-refractivity contribution in [2.75, 3.05) is 19.7 Å². The second kappa shape index (κ2) is 6.60. The normalized spacial score (nSPS) is 21.6. The molecule has 0 aromatic carbocycles. The lowest BCUT2D eigenvalue weighted by Crippen LogP contribution is -2.40. The van der Waals surface area contributed by atoms with Gasteiger partial charge in [0.05, 0.1) is 11.8 Å². The van der Waals surface area contributed by atoms with Crippen LogP contribution in [0.3, 0.4) is 0 Å². The molecule has 0 aliphatic carbocycles. The van der Waals surface area contributed by atoms with Gasteiger partial charge in [-0.25, -0.2) is 9.97 Å². The number of amides is 1. The van der Waals surface area contributed by atoms with E-state index in [2.05, 4.69) is 9.97 Å². The van der Waals surface area contributed by atoms with E-state index in [1.54, 1.807) is 6.33 Å². The average Bonchev–Trinajstić information content (AvgIpc) is 2.93. The van der Waals surface area contributed by atoms with Gasteiger partial charge < -0.3 is 14.4 Å². The largest absolute Gasteiger partial charge is 0.475 e. The number of nitrogens with zero attached hydrogens (tertiary/aromatic N) is 3. The van der Waals surface area contributed by atoms with E-state index >= 15 is 0 Å². The molecule has 3 rings (SSSR count). The highest BCUT2D eigenvalue weighted by molar-refractivity contribution is 5.81. The first-order valence-electron chi connectivity index (χ1n) is 8.05. The van der Waals surface area contributed by atoms with E-state index in [0.717, 1.165) is 36.9 Å². The first kappa shape index (κ1) is 15.2. The summed E-state index contributed by atoms with van der Waals surface area (Å²) in [5.41, 5.74) is 2.03. The van der Waals surface area contributed by atoms with Gasteiger partial charge in [0.2, 0.25) is 5.88 Å². The van der Waals surface area contributed by atoms with Gasteiger partial charge >= 0.3 is 0 Å². The quantitative estimate of drug-likeness (QED) is 0.844. The van der Waals surface area contributed by atoms with E-state index in [9.17, 15) is 4.79 Å². The van der Waals surface area contributed by atoms with Crippen LogP contribution in [-0.4, -0.2) is 52.7 Å². The van der Waals surface area contributed by atoms with Crippen molar-refractivity contribution in [3.05, 3.63) is 17.6 Å². The van der Waals surface area contributed by atoms with Crippen LogP contribution in [0.5, 0.6) is 5.88 Å². The zero-order chi connectivity index (χ0) is 15.5. The zero-order valence-electron chi connectivity index (χ0n) is 13.2. The smallest absolute Gasteiger partial charge is 0.251 e. The van der Waals surface area contributed by atoms with Gasteiger partial charge in [-0.05, 0) is 33.1 Å². The average molecular weight is 305 g/mol. The Bertz CT molecular complexity index is 541. The molecule has 0 saturated carbocycles. The molecule has 1 atom stereocenters. The molecule has 1 aromatic rings. The maximum atomic E-state index is 12.5. The molecule has 22 heavy (non-hydrogen) atoms. The number of aromatic nitrogens is 2. The predicted molar refractivity (Wildman–Crippen MR) is 80.8 cm³/mol. The first-order chi connectivity index (χ1) is 10.6. The molecule has 0 N–H and O–H groups in total. The Hall–Kier alpha value is -1.69. The summed E-state index contributed by atoms with van der Waals surface area (Å²) in [4.78, 5) is 23.0. The molecule has 1 fully saturated rings. The van der Waals surface area contributed by atoms with Crippen LogP contribution in [0.4, 0.5) is 0 Å². The molecule has 2 aliphatic heterocycles. The third-order valence-electron chi connectivity index (χ3n) is 4.11. The molecule has 1 amide bonds. The molecule has 0 unspecified atom stereocenters. The third-order valence-corrected chi connectivity index (χ3v) is 4.11. The highest BCUT2D eigenvalue weighted by atomic mass is 16.5. The van der Waals surface area contributed by atoms with Gasteiger partial charge in [0.1, 0.15) is 12.4 Å². The van der Waals surface area contributed by atoms with Crippen molar-refractivity contribution < 1.29 is 14.3 Å². The Morgan fingerprint density at radius 3 is 2.91 bits per heavy atom. The number of hydrogen-bond donors (Lipinski definition) is 0. The van der Waals surface area contributed by atoms with Crippen LogP contribution in [0.25, 0.3) is 0 Å². The Labute approximate surface area is 130 Å². The van der Waals surface area contributed by atoms with Crippen LogP contribution in [0.2, 0.25) is 0 Å². The van der Waals surface area contributed by atoms with Crippen molar-refractivity contribution in [1.82, 2.24) is 14.9 Å². The van der Waals surface area contributed by atoms with Crippen molar-refractivity contribution in [1.29, 1.82) is 0 Å². The van der Waals surface area contributed by atoms with E-state index in [1.807, 2.05) is 18.7 Å². The molecular weight excluding hydrogens is 282 g/mol. The topological polar surface area (TPSA) is 64.6 Å². The monoisotopic (exact) mass is 305 g/mol. The fourth-order valence-electron chi connectivity index (χ4n) is 3.02. The van der Waals surface area contributed by atoms with Gasteiger partial charge in [-0.1, -0.05) is 0 Å². The number of carbonyl (C=O) groups is 1. The van der Waals surface area contributed by atoms with Crippen molar-refractivity contribution in [3.8, 4) is 5.88 Å². The molecule has 0 spiro atoms. The summed E-state index contributed by atoms with van der Waals surface area (Å²) < 4.78 is 11.3. The van der Waals surface area contributed by atoms with E-state index < -0.39 is 0 Å². The van der Waals surface area contributed by atoms with Gasteiger partial charge in [-0.2, -0.15) is 0 Å². The molecule has 0 bridgehead atoms. The van der Waals surface area contributed by atoms with Gasteiger partial charge in [-0.15, -0.1) is 0 Å². The molecule has 1 saturated heterocycles. The minimum absolute atomic E-state index is 0.0758. The number of ether oxygens (including phenoxy) is 2. The standard InChI is InChI=1S/C16H23N3O3/c1-11(2)22-15-12-5-7-19(8-6-13(12)17-10-18-15)16(20)14-4-3-9-21-14/h10-11,14H,3-9H2,1-2H3/t14-/m1/s1. The molecule has 1 aromatic heterocycles. The van der Waals surface area contributed by atoms with Crippen LogP contribution in [0.1, 0.15) is 37.9 Å². The molecule has 6 heteroatoms. The van der Waals surface area contributed by atoms with E-state index in [1.165, 1.54) is 0 Å². The highest BCUT2D eigenvalue weighted by Gasteiger charge is 2.30. The van der Waals surface area contributed by atoms with E-state index in [4.69, 9.17) is 9.47 Å². The maximum absolute atomic E-state index is 12.5. The molecule has 120 valence electrons. The lowest BCUT2D eigenvalue weighted by molar-refractivity contribution is -0.140. The van der Waals surface area contributed by atoms with Crippen LogP contribution >= 0.6 is 0 Å². The Kier molecular flexibility index (Phi) is 4.57. The Morgan fingerprint density at radius 2 is 2.18 bits per heavy atom. The lowest BCUT2D eigenvalue weighted by atomic mass is 10.1. The minimum Gasteiger partial charge on any atom is -0.475 e. The summed E-state index contributed by atoms with van der Waals surface area (Å²) in [7, 11) is 0. The van der Waals surface area contributed by atoms with Gasteiger partial charge in [0.15, 0.2) is 0 Å². The highest BCUT2D eigenvalue weighted by Crippen LogP contribution is 2.24. The predicted octanol–water partition coefficient (Wildman–Crippen LogP) is 1.37. The number of hydrogen-bond acceptors (Lipinski definition) is 5. The number of carbonyl (C=O) groups excluding carboxylic acids is 1. The Balaban J connectivity index is 1.73. The van der Waals surface area contributed by atoms with Crippen LogP contribution in [0, 0.1) is 0 Å². The van der Waals surface area contributed by atoms with Crippen LogP contribution < -0.4 is 4.74 Å². The summed E-state index contributed by atoms with van der Waals surface area (Å²) >= 11 is 0. The van der Waals surface area contributed by atoms with Gasteiger partial charge in [0.25, 0.3) is 5.91 Å². The molecule has 2 aliphatic rings. The van der Waals surface area contributed by atoms with Gasteiger partial charge in [-0.3, -0.25) is 4.79 Å². The van der Waals surface area contributed by atoms with Crippen LogP contribution in [0.15, 0.2) is 6.33 Å². The van der Waals surface area contributed by atoms with Crippen LogP contribution in [-0.2, 0) is 22.4 Å². The van der Waals surface area contributed by atoms with Crippen molar-refractivity contribution in [2.45, 2.75) is 51.7 Å². The zero-order valence-corrected chi connectivity index (χ0v) is 13.2. The van der Waals surface area contributed by atoms with Gasteiger partial charge in [0, 0.05) is 31.7 Å². The minimum atomic E-state index is -0.251. The van der Waals surface area contributed by atoms with Crippen molar-refractivity contribution in [2.24, 2.45) is 0 Å². The summed E-state index contributed by atoms with van der Waals surface area (Å²) in [5, 5.41) is 0. The molecule has 3 heterocycles. The molecular formula is C16H23N3O3. The fourth-order valence-corrected chi connectivity index (χ4v) is 3.02. The summed E-state index contributed by atoms with van der Waals surface area (Å²) in [6, 6.07) is 0. The maximum Gasteiger partial charge on any atom is 0.251 e. The fraction of sp³-hybridized carbons (Fsp3) is 0.688. The van der Waals surface area contributed by atoms with Crippen molar-refractivity contribution >= 4 is 5.91 Å². The Morgan fingerprint density at radius 1 is 1.36 bits per heavy atom. The second-order valence-electron chi connectivity index (χ2n) is 6.10. The lowest BCUT2D eigenvalue weighted by Gasteiger charge is -2.23. The van der Waals surface area contributed by atoms with E-state index in [0.29, 0.717) is 25.6 Å².